The molecule has 0 spiro atoms. The fraction of sp³-hybridized carbons (Fsp3) is 0.206. The van der Waals surface area contributed by atoms with E-state index in [-0.39, 0.29) is 29.0 Å². The van der Waals surface area contributed by atoms with Crippen LogP contribution in [-0.4, -0.2) is 83.1 Å². The number of rotatable bonds is 8. The number of benzene rings is 3. The third kappa shape index (κ3) is 7.21. The van der Waals surface area contributed by atoms with Gasteiger partial charge in [0, 0.05) is 41.7 Å². The lowest BCUT2D eigenvalue weighted by Gasteiger charge is -2.49. The number of hydrogen-bond donors (Lipinski definition) is 4. The third-order valence-electron chi connectivity index (χ3n) is 7.88. The molecule has 3 amide bonds. The number of phenols is 1. The summed E-state index contributed by atoms with van der Waals surface area (Å²) in [4.78, 5) is 61.4. The second kappa shape index (κ2) is 14.2. The molecule has 4 heterocycles. The number of imidazole rings is 1. The number of carbonyl (C=O) groups excluding carboxylic acids is 3. The topological polar surface area (TPSA) is 156 Å². The number of thioether (sulfide) groups is 2. The zero-order valence-corrected chi connectivity index (χ0v) is 26.7. The van der Waals surface area contributed by atoms with Crippen molar-refractivity contribution in [1.29, 1.82) is 0 Å². The van der Waals surface area contributed by atoms with Gasteiger partial charge in [0.05, 0.1) is 12.1 Å². The predicted molar refractivity (Wildman–Crippen MR) is 179 cm³/mol. The number of likely N-dealkylation sites (tertiary alicyclic amines) is 1. The molecule has 3 aliphatic heterocycles. The first kappa shape index (κ1) is 32.0. The van der Waals surface area contributed by atoms with Crippen LogP contribution in [0.4, 0.5) is 0 Å². The van der Waals surface area contributed by atoms with E-state index >= 15 is 0 Å². The van der Waals surface area contributed by atoms with E-state index in [2.05, 4.69) is 15.3 Å². The SMILES string of the molecule is O=C(CSc1ccc2ccccc2c1)N[C@@H]1C(=O)N2C(C(=O)O)=C(/C=C3\CCN(Cc4ccc(O)cc4)C3=O)CS[C@H]12.c1c[nH]cn1. The number of hydrogen-bond acceptors (Lipinski definition) is 8. The maximum atomic E-state index is 13.1. The van der Waals surface area contributed by atoms with Gasteiger partial charge in [-0.05, 0) is 58.7 Å². The van der Waals surface area contributed by atoms with Crippen molar-refractivity contribution in [2.75, 3.05) is 18.1 Å². The van der Waals surface area contributed by atoms with Gasteiger partial charge in [-0.2, -0.15) is 0 Å². The predicted octanol–water partition coefficient (Wildman–Crippen LogP) is 4.14. The number of carboxylic acids is 1. The van der Waals surface area contributed by atoms with Crippen molar-refractivity contribution in [1.82, 2.24) is 25.1 Å². The lowest BCUT2D eigenvalue weighted by molar-refractivity contribution is -0.150. The number of amides is 3. The smallest absolute Gasteiger partial charge is 0.352 e. The van der Waals surface area contributed by atoms with Crippen molar-refractivity contribution in [2.24, 2.45) is 0 Å². The van der Waals surface area contributed by atoms with Crippen LogP contribution in [0.3, 0.4) is 0 Å². The Kier molecular flexibility index (Phi) is 9.64. The molecule has 1 aromatic heterocycles. The maximum Gasteiger partial charge on any atom is 0.352 e. The van der Waals surface area contributed by atoms with Gasteiger partial charge in [0.15, 0.2) is 0 Å². The molecule has 0 saturated carbocycles. The number of nitrogens with one attached hydrogen (secondary N) is 2. The zero-order chi connectivity index (χ0) is 32.9. The lowest BCUT2D eigenvalue weighted by Crippen LogP contribution is -2.70. The first-order chi connectivity index (χ1) is 22.8. The van der Waals surface area contributed by atoms with E-state index in [4.69, 9.17) is 0 Å². The molecule has 11 nitrogen and oxygen atoms in total. The molecule has 0 bridgehead atoms. The average Bonchev–Trinajstić information content (AvgIpc) is 3.78. The van der Waals surface area contributed by atoms with Gasteiger partial charge in [-0.1, -0.05) is 42.5 Å². The number of aliphatic carboxylic acids is 1. The van der Waals surface area contributed by atoms with Crippen molar-refractivity contribution < 1.29 is 29.4 Å². The van der Waals surface area contributed by atoms with E-state index < -0.39 is 23.3 Å². The van der Waals surface area contributed by atoms with Crippen LogP contribution >= 0.6 is 23.5 Å². The molecule has 4 N–H and O–H groups in total. The van der Waals surface area contributed by atoms with Gasteiger partial charge in [-0.3, -0.25) is 19.3 Å². The molecular formula is C34H31N5O6S2. The maximum absolute atomic E-state index is 13.1. The van der Waals surface area contributed by atoms with E-state index in [1.807, 2.05) is 42.5 Å². The average molecular weight is 670 g/mol. The summed E-state index contributed by atoms with van der Waals surface area (Å²) in [5.41, 5.74) is 1.63. The normalized spacial score (nSPS) is 19.7. The molecule has 13 heteroatoms. The van der Waals surface area contributed by atoms with Gasteiger partial charge in [0.2, 0.25) is 11.8 Å². The molecule has 2 saturated heterocycles. The monoisotopic (exact) mass is 669 g/mol. The summed E-state index contributed by atoms with van der Waals surface area (Å²) < 4.78 is 0. The Bertz CT molecular complexity index is 1860. The molecular weight excluding hydrogens is 639 g/mol. The van der Waals surface area contributed by atoms with Crippen LogP contribution in [0.2, 0.25) is 0 Å². The number of nitrogens with zero attached hydrogens (tertiary/aromatic N) is 3. The number of H-pyrrole nitrogens is 1. The highest BCUT2D eigenvalue weighted by molar-refractivity contribution is 8.00. The Balaban J connectivity index is 0.000000707. The molecule has 47 heavy (non-hydrogen) atoms. The molecule has 4 aromatic rings. The first-order valence-electron chi connectivity index (χ1n) is 14.8. The fourth-order valence-corrected chi connectivity index (χ4v) is 7.64. The molecule has 240 valence electrons. The summed E-state index contributed by atoms with van der Waals surface area (Å²) in [7, 11) is 0. The van der Waals surface area contributed by atoms with E-state index in [0.717, 1.165) is 21.2 Å². The van der Waals surface area contributed by atoms with Crippen molar-refractivity contribution in [2.45, 2.75) is 29.3 Å². The summed E-state index contributed by atoms with van der Waals surface area (Å²) in [5, 5.41) is 24.0. The highest BCUT2D eigenvalue weighted by atomic mass is 32.2. The van der Waals surface area contributed by atoms with E-state index in [9.17, 15) is 29.4 Å². The number of fused-ring (bicyclic) bond motifs is 2. The first-order valence-corrected chi connectivity index (χ1v) is 16.8. The van der Waals surface area contributed by atoms with Crippen LogP contribution in [0.5, 0.6) is 5.75 Å². The molecule has 0 radical (unpaired) electrons. The molecule has 3 aromatic carbocycles. The summed E-state index contributed by atoms with van der Waals surface area (Å²) in [6, 6.07) is 19.8. The zero-order valence-electron chi connectivity index (χ0n) is 25.0. The second-order valence-electron chi connectivity index (χ2n) is 11.0. The summed E-state index contributed by atoms with van der Waals surface area (Å²) in [6.45, 7) is 0.869. The Morgan fingerprint density at radius 1 is 1.09 bits per heavy atom. The van der Waals surface area contributed by atoms with Gasteiger partial charge in [-0.25, -0.2) is 9.78 Å². The Morgan fingerprint density at radius 3 is 2.57 bits per heavy atom. The molecule has 7 rings (SSSR count). The lowest BCUT2D eigenvalue weighted by atomic mass is 10.0. The summed E-state index contributed by atoms with van der Waals surface area (Å²) >= 11 is 2.74. The van der Waals surface area contributed by atoms with Gasteiger partial charge in [0.25, 0.3) is 5.91 Å². The van der Waals surface area contributed by atoms with Gasteiger partial charge in [-0.15, -0.1) is 23.5 Å². The fourth-order valence-electron chi connectivity index (χ4n) is 5.57. The van der Waals surface area contributed by atoms with Crippen molar-refractivity contribution in [3.8, 4) is 5.75 Å². The number of aromatic hydroxyl groups is 1. The van der Waals surface area contributed by atoms with E-state index in [1.165, 1.54) is 28.4 Å². The van der Waals surface area contributed by atoms with Crippen molar-refractivity contribution in [3.63, 3.8) is 0 Å². The molecule has 0 unspecified atom stereocenters. The summed E-state index contributed by atoms with van der Waals surface area (Å²) in [6.07, 6.45) is 7.15. The molecule has 2 fully saturated rings. The van der Waals surface area contributed by atoms with Crippen molar-refractivity contribution >= 4 is 58.0 Å². The second-order valence-corrected chi connectivity index (χ2v) is 13.2. The standard InChI is InChI=1S/C31H27N3O6S2.C3H4N2/c35-23-8-5-18(6-9-23)15-33-12-11-21(28(33)37)13-22-16-42-30-26(29(38)34(30)27(22)31(39)40)32-25(36)17-41-24-10-7-19-3-1-2-4-20(19)14-24;1-2-5-3-4-1/h1-10,13-14,26,30,35H,11-12,15-17H2,(H,32,36)(H,39,40);1-3H,(H,4,5)/b21-13+;/t26-,30-;/m1./s1. The number of phenolic OH excluding ortho intramolecular Hbond substituents is 1. The minimum absolute atomic E-state index is 0.126. The number of aromatic nitrogens is 2. The van der Waals surface area contributed by atoms with Crippen LogP contribution in [0.1, 0.15) is 12.0 Å². The third-order valence-corrected chi connectivity index (χ3v) is 10.2. The number of β-lactam (4-membered cyclic amide) rings is 1. The highest BCUT2D eigenvalue weighted by Crippen LogP contribution is 2.41. The number of carboxylic acid groups (broad SMARTS) is 1. The van der Waals surface area contributed by atoms with Crippen LogP contribution < -0.4 is 5.32 Å². The largest absolute Gasteiger partial charge is 0.508 e. The quantitative estimate of drug-likeness (QED) is 0.123. The van der Waals surface area contributed by atoms with Crippen LogP contribution in [-0.2, 0) is 25.7 Å². The minimum atomic E-state index is -1.25. The number of aromatic amines is 1. The van der Waals surface area contributed by atoms with Crippen molar-refractivity contribution in [3.05, 3.63) is 114 Å². The van der Waals surface area contributed by atoms with E-state index in [0.29, 0.717) is 36.4 Å². The van der Waals surface area contributed by atoms with Gasteiger partial charge >= 0.3 is 5.97 Å². The number of carbonyl (C=O) groups is 4. The van der Waals surface area contributed by atoms with Crippen LogP contribution in [0.15, 0.2) is 113 Å². The van der Waals surface area contributed by atoms with Crippen LogP contribution in [0.25, 0.3) is 10.8 Å². The van der Waals surface area contributed by atoms with Crippen LogP contribution in [0, 0.1) is 0 Å². The summed E-state index contributed by atoms with van der Waals surface area (Å²) in [5.74, 6) is -1.64. The minimum Gasteiger partial charge on any atom is -0.508 e. The van der Waals surface area contributed by atoms with Gasteiger partial charge < -0.3 is 25.4 Å². The van der Waals surface area contributed by atoms with Gasteiger partial charge in [0.1, 0.15) is 22.9 Å². The molecule has 3 aliphatic rings. The Hall–Kier alpha value is -5.01. The molecule has 2 atom stereocenters. The number of allylic oxidation sites excluding steroid dienone is 1. The Morgan fingerprint density at radius 2 is 1.87 bits per heavy atom. The Labute approximate surface area is 278 Å². The van der Waals surface area contributed by atoms with E-state index in [1.54, 1.807) is 54.0 Å². The highest BCUT2D eigenvalue weighted by Gasteiger charge is 2.54. The molecule has 0 aliphatic carbocycles.